The smallest absolute Gasteiger partial charge is 0.162 e. The predicted octanol–water partition coefficient (Wildman–Crippen LogP) is 3.72. The van der Waals surface area contributed by atoms with Crippen molar-refractivity contribution >= 4 is 0 Å². The summed E-state index contributed by atoms with van der Waals surface area (Å²) in [7, 11) is 0. The fourth-order valence-electron chi connectivity index (χ4n) is 1.91. The third-order valence-corrected chi connectivity index (χ3v) is 3.00. The van der Waals surface area contributed by atoms with Crippen molar-refractivity contribution in [2.24, 2.45) is 0 Å². The van der Waals surface area contributed by atoms with E-state index in [0.717, 1.165) is 5.75 Å². The van der Waals surface area contributed by atoms with Crippen LogP contribution in [0.25, 0.3) is 0 Å². The number of hydrogen-bond acceptors (Lipinski definition) is 4. The highest BCUT2D eigenvalue weighted by Crippen LogP contribution is 2.28. The summed E-state index contributed by atoms with van der Waals surface area (Å²) in [5.41, 5.74) is 1.74. The Balaban J connectivity index is 1.88. The van der Waals surface area contributed by atoms with Gasteiger partial charge in [-0.05, 0) is 38.1 Å². The summed E-state index contributed by atoms with van der Waals surface area (Å²) in [6.45, 7) is 5.29. The SMILES string of the molecule is CCOc1cc(C#N)ccc1OCCOc1ccc(C)cc1. The number of ether oxygens (including phenoxy) is 3. The maximum absolute atomic E-state index is 8.91. The zero-order valence-electron chi connectivity index (χ0n) is 12.8. The zero-order chi connectivity index (χ0) is 15.8. The van der Waals surface area contributed by atoms with Gasteiger partial charge in [0.2, 0.25) is 0 Å². The van der Waals surface area contributed by atoms with Gasteiger partial charge in [-0.1, -0.05) is 17.7 Å². The van der Waals surface area contributed by atoms with Crippen LogP contribution in [0.4, 0.5) is 0 Å². The van der Waals surface area contributed by atoms with Crippen LogP contribution < -0.4 is 14.2 Å². The van der Waals surface area contributed by atoms with Crippen molar-refractivity contribution in [1.29, 1.82) is 5.26 Å². The first-order chi connectivity index (χ1) is 10.7. The summed E-state index contributed by atoms with van der Waals surface area (Å²) in [5, 5.41) is 8.91. The first-order valence-corrected chi connectivity index (χ1v) is 7.22. The Kier molecular flexibility index (Phi) is 5.67. The van der Waals surface area contributed by atoms with Crippen molar-refractivity contribution in [3.8, 4) is 23.3 Å². The molecule has 0 aliphatic heterocycles. The number of benzene rings is 2. The minimum atomic E-state index is 0.403. The molecule has 0 unspecified atom stereocenters. The largest absolute Gasteiger partial charge is 0.490 e. The molecule has 2 aromatic carbocycles. The molecule has 0 aliphatic carbocycles. The molecule has 4 nitrogen and oxygen atoms in total. The van der Waals surface area contributed by atoms with Gasteiger partial charge in [0.1, 0.15) is 19.0 Å². The van der Waals surface area contributed by atoms with E-state index in [-0.39, 0.29) is 0 Å². The molecule has 0 aromatic heterocycles. The topological polar surface area (TPSA) is 51.5 Å². The molecule has 22 heavy (non-hydrogen) atoms. The summed E-state index contributed by atoms with van der Waals surface area (Å²) in [6.07, 6.45) is 0. The van der Waals surface area contributed by atoms with Crippen LogP contribution in [0.15, 0.2) is 42.5 Å². The van der Waals surface area contributed by atoms with Gasteiger partial charge >= 0.3 is 0 Å². The molecule has 2 rings (SSSR count). The van der Waals surface area contributed by atoms with Crippen molar-refractivity contribution in [2.75, 3.05) is 19.8 Å². The van der Waals surface area contributed by atoms with E-state index >= 15 is 0 Å². The average molecular weight is 297 g/mol. The second kappa shape index (κ2) is 7.94. The van der Waals surface area contributed by atoms with Crippen molar-refractivity contribution in [3.05, 3.63) is 53.6 Å². The Hall–Kier alpha value is -2.67. The lowest BCUT2D eigenvalue weighted by atomic mass is 10.2. The standard InChI is InChI=1S/C18H19NO3/c1-3-20-18-12-15(13-19)6-9-17(18)22-11-10-21-16-7-4-14(2)5-8-16/h4-9,12H,3,10-11H2,1-2H3. The third-order valence-electron chi connectivity index (χ3n) is 3.00. The first kappa shape index (κ1) is 15.7. The zero-order valence-corrected chi connectivity index (χ0v) is 12.8. The minimum absolute atomic E-state index is 0.403. The normalized spacial score (nSPS) is 9.86. The number of rotatable bonds is 7. The highest BCUT2D eigenvalue weighted by Gasteiger charge is 2.06. The Labute approximate surface area is 130 Å². The van der Waals surface area contributed by atoms with Crippen molar-refractivity contribution in [3.63, 3.8) is 0 Å². The molecule has 0 bridgehead atoms. The summed E-state index contributed by atoms with van der Waals surface area (Å²) in [5.74, 6) is 2.02. The van der Waals surface area contributed by atoms with Crippen molar-refractivity contribution in [2.45, 2.75) is 13.8 Å². The van der Waals surface area contributed by atoms with E-state index in [1.165, 1.54) is 5.56 Å². The van der Waals surface area contributed by atoms with Crippen LogP contribution in [0, 0.1) is 18.3 Å². The molecule has 2 aromatic rings. The van der Waals surface area contributed by atoms with Crippen LogP contribution in [0.3, 0.4) is 0 Å². The van der Waals surface area contributed by atoms with E-state index in [1.54, 1.807) is 18.2 Å². The van der Waals surface area contributed by atoms with Crippen LogP contribution in [0.5, 0.6) is 17.2 Å². The number of nitriles is 1. The van der Waals surface area contributed by atoms with E-state index in [0.29, 0.717) is 36.9 Å². The van der Waals surface area contributed by atoms with E-state index in [1.807, 2.05) is 38.1 Å². The molecule has 0 saturated carbocycles. The fourth-order valence-corrected chi connectivity index (χ4v) is 1.91. The first-order valence-electron chi connectivity index (χ1n) is 7.22. The maximum atomic E-state index is 8.91. The van der Waals surface area contributed by atoms with Crippen LogP contribution in [-0.2, 0) is 0 Å². The lowest BCUT2D eigenvalue weighted by Gasteiger charge is -2.12. The second-order valence-electron chi connectivity index (χ2n) is 4.72. The van der Waals surface area contributed by atoms with Gasteiger partial charge in [0.15, 0.2) is 11.5 Å². The lowest BCUT2D eigenvalue weighted by Crippen LogP contribution is -2.10. The molecule has 0 aliphatic rings. The lowest BCUT2D eigenvalue weighted by molar-refractivity contribution is 0.208. The monoisotopic (exact) mass is 297 g/mol. The summed E-state index contributed by atoms with van der Waals surface area (Å²) >= 11 is 0. The van der Waals surface area contributed by atoms with Gasteiger partial charge in [-0.15, -0.1) is 0 Å². The van der Waals surface area contributed by atoms with Gasteiger partial charge in [-0.3, -0.25) is 0 Å². The molecule has 0 N–H and O–H groups in total. The average Bonchev–Trinajstić information content (AvgIpc) is 2.54. The van der Waals surface area contributed by atoms with E-state index in [2.05, 4.69) is 6.07 Å². The fraction of sp³-hybridized carbons (Fsp3) is 0.278. The highest BCUT2D eigenvalue weighted by molar-refractivity contribution is 5.46. The number of aryl methyl sites for hydroxylation is 1. The number of hydrogen-bond donors (Lipinski definition) is 0. The van der Waals surface area contributed by atoms with Crippen LogP contribution in [0.2, 0.25) is 0 Å². The van der Waals surface area contributed by atoms with Gasteiger partial charge in [0, 0.05) is 6.07 Å². The molecular weight excluding hydrogens is 278 g/mol. The predicted molar refractivity (Wildman–Crippen MR) is 84.5 cm³/mol. The molecule has 0 heterocycles. The molecule has 4 heteroatoms. The van der Waals surface area contributed by atoms with E-state index in [9.17, 15) is 0 Å². The minimum Gasteiger partial charge on any atom is -0.490 e. The molecule has 0 fully saturated rings. The number of nitrogens with zero attached hydrogens (tertiary/aromatic N) is 1. The second-order valence-corrected chi connectivity index (χ2v) is 4.72. The quantitative estimate of drug-likeness (QED) is 0.731. The molecule has 0 spiro atoms. The molecule has 0 atom stereocenters. The van der Waals surface area contributed by atoms with Crippen LogP contribution in [-0.4, -0.2) is 19.8 Å². The summed E-state index contributed by atoms with van der Waals surface area (Å²) < 4.78 is 16.8. The van der Waals surface area contributed by atoms with Gasteiger partial charge in [0.25, 0.3) is 0 Å². The Morgan fingerprint density at radius 1 is 0.909 bits per heavy atom. The Morgan fingerprint density at radius 3 is 2.32 bits per heavy atom. The molecule has 0 radical (unpaired) electrons. The molecule has 0 saturated heterocycles. The van der Waals surface area contributed by atoms with Crippen LogP contribution >= 0.6 is 0 Å². The van der Waals surface area contributed by atoms with E-state index in [4.69, 9.17) is 19.5 Å². The maximum Gasteiger partial charge on any atom is 0.162 e. The molecule has 114 valence electrons. The molecule has 0 amide bonds. The van der Waals surface area contributed by atoms with Gasteiger partial charge in [-0.2, -0.15) is 5.26 Å². The Morgan fingerprint density at radius 2 is 1.64 bits per heavy atom. The van der Waals surface area contributed by atoms with Gasteiger partial charge in [0.05, 0.1) is 18.2 Å². The summed E-state index contributed by atoms with van der Waals surface area (Å²) in [6, 6.07) is 15.1. The molecular formula is C18H19NO3. The highest BCUT2D eigenvalue weighted by atomic mass is 16.5. The van der Waals surface area contributed by atoms with E-state index < -0.39 is 0 Å². The van der Waals surface area contributed by atoms with Crippen LogP contribution in [0.1, 0.15) is 18.1 Å². The van der Waals surface area contributed by atoms with Gasteiger partial charge in [-0.25, -0.2) is 0 Å². The Bertz CT molecular complexity index is 644. The van der Waals surface area contributed by atoms with Crippen molar-refractivity contribution < 1.29 is 14.2 Å². The van der Waals surface area contributed by atoms with Gasteiger partial charge < -0.3 is 14.2 Å². The third kappa shape index (κ3) is 4.42. The summed E-state index contributed by atoms with van der Waals surface area (Å²) in [4.78, 5) is 0. The van der Waals surface area contributed by atoms with Crippen molar-refractivity contribution in [1.82, 2.24) is 0 Å².